The molecule has 2 unspecified atom stereocenters. The normalized spacial score (nSPS) is 37.1. The summed E-state index contributed by atoms with van der Waals surface area (Å²) in [7, 11) is -1.57. The molecule has 1 aliphatic carbocycles. The smallest absolute Gasteiger partial charge is 0.192 e. The van der Waals surface area contributed by atoms with Crippen molar-refractivity contribution in [1.29, 1.82) is 0 Å². The molecule has 14 heavy (non-hydrogen) atoms. The summed E-state index contributed by atoms with van der Waals surface area (Å²) in [5.41, 5.74) is 0. The van der Waals surface area contributed by atoms with Gasteiger partial charge in [0.25, 0.3) is 0 Å². The highest BCUT2D eigenvalue weighted by Gasteiger charge is 2.50. The largest absolute Gasteiger partial charge is 0.411 e. The average molecular weight is 214 g/mol. The van der Waals surface area contributed by atoms with E-state index in [1.165, 1.54) is 6.42 Å². The molecule has 0 N–H and O–H groups in total. The van der Waals surface area contributed by atoms with Gasteiger partial charge in [0, 0.05) is 12.8 Å². The van der Waals surface area contributed by atoms with E-state index >= 15 is 0 Å². The quantitative estimate of drug-likeness (QED) is 0.658. The molecule has 3 fully saturated rings. The van der Waals surface area contributed by atoms with Gasteiger partial charge in [-0.2, -0.15) is 0 Å². The minimum absolute atomic E-state index is 0.319. The molecule has 3 atom stereocenters. The van der Waals surface area contributed by atoms with Crippen molar-refractivity contribution in [3.8, 4) is 0 Å². The molecular weight excluding hydrogens is 192 g/mol. The van der Waals surface area contributed by atoms with E-state index in [1.807, 2.05) is 0 Å². The van der Waals surface area contributed by atoms with Gasteiger partial charge in [-0.05, 0) is 18.1 Å². The van der Waals surface area contributed by atoms with Crippen molar-refractivity contribution in [2.75, 3.05) is 0 Å². The third kappa shape index (κ3) is 1.66. The molecule has 0 aromatic heterocycles. The van der Waals surface area contributed by atoms with E-state index in [2.05, 4.69) is 33.9 Å². The Labute approximate surface area is 88.1 Å². The Bertz CT molecular complexity index is 226. The maximum absolute atomic E-state index is 6.33. The van der Waals surface area contributed by atoms with Crippen molar-refractivity contribution in [3.63, 3.8) is 0 Å². The zero-order valence-electron chi connectivity index (χ0n) is 9.96. The molecule has 3 aliphatic rings. The summed E-state index contributed by atoms with van der Waals surface area (Å²) >= 11 is 0. The molecule has 2 saturated heterocycles. The Balaban J connectivity index is 1.96. The van der Waals surface area contributed by atoms with Crippen LogP contribution in [0.25, 0.3) is 0 Å². The van der Waals surface area contributed by atoms with Crippen LogP contribution in [0.2, 0.25) is 18.1 Å². The fourth-order valence-corrected chi connectivity index (χ4v) is 3.33. The fraction of sp³-hybridized carbons (Fsp3) is 1.00. The molecule has 2 heterocycles. The average Bonchev–Trinajstić information content (AvgIpc) is 2.38. The van der Waals surface area contributed by atoms with Crippen LogP contribution in [0.3, 0.4) is 0 Å². The molecule has 2 aliphatic heterocycles. The lowest BCUT2D eigenvalue weighted by atomic mass is 10.2. The number of rotatable bonds is 2. The zero-order chi connectivity index (χ0) is 10.6. The molecule has 2 nitrogen and oxygen atoms in total. The van der Waals surface area contributed by atoms with Gasteiger partial charge in [0.05, 0.1) is 18.3 Å². The van der Waals surface area contributed by atoms with Crippen LogP contribution in [-0.2, 0) is 9.16 Å². The van der Waals surface area contributed by atoms with Gasteiger partial charge >= 0.3 is 0 Å². The first-order valence-corrected chi connectivity index (χ1v) is 8.54. The van der Waals surface area contributed by atoms with Gasteiger partial charge in [0.1, 0.15) is 0 Å². The first-order valence-electron chi connectivity index (χ1n) is 5.63. The summed E-state index contributed by atoms with van der Waals surface area (Å²) in [5.74, 6) is 0. The van der Waals surface area contributed by atoms with E-state index in [-0.39, 0.29) is 0 Å². The van der Waals surface area contributed by atoms with Crippen molar-refractivity contribution in [2.24, 2.45) is 0 Å². The van der Waals surface area contributed by atoms with Crippen LogP contribution in [0.4, 0.5) is 0 Å². The molecule has 0 aromatic carbocycles. The van der Waals surface area contributed by atoms with Gasteiger partial charge in [-0.15, -0.1) is 0 Å². The monoisotopic (exact) mass is 214 g/mol. The summed E-state index contributed by atoms with van der Waals surface area (Å²) in [5, 5.41) is 0.319. The minimum Gasteiger partial charge on any atom is -0.411 e. The van der Waals surface area contributed by atoms with E-state index < -0.39 is 8.32 Å². The Hall–Kier alpha value is 0.137. The molecule has 3 heteroatoms. The second-order valence-electron chi connectivity index (χ2n) is 6.18. The van der Waals surface area contributed by atoms with E-state index in [9.17, 15) is 0 Å². The lowest BCUT2D eigenvalue weighted by molar-refractivity contribution is -0.0851. The summed E-state index contributed by atoms with van der Waals surface area (Å²) in [6.45, 7) is 11.5. The molecule has 0 radical (unpaired) electrons. The van der Waals surface area contributed by atoms with Crippen LogP contribution in [0, 0.1) is 0 Å². The fourth-order valence-electron chi connectivity index (χ4n) is 1.98. The highest BCUT2D eigenvalue weighted by molar-refractivity contribution is 6.74. The summed E-state index contributed by atoms with van der Waals surface area (Å²) in [6.07, 6.45) is 3.72. The lowest BCUT2D eigenvalue weighted by Crippen LogP contribution is -2.45. The predicted molar refractivity (Wildman–Crippen MR) is 60.0 cm³/mol. The Morgan fingerprint density at radius 1 is 1.21 bits per heavy atom. The molecule has 3 rings (SSSR count). The summed E-state index contributed by atoms with van der Waals surface area (Å²) in [6, 6.07) is 0. The highest BCUT2D eigenvalue weighted by atomic mass is 28.4. The Morgan fingerprint density at radius 2 is 1.79 bits per heavy atom. The number of hydrogen-bond donors (Lipinski definition) is 0. The second kappa shape index (κ2) is 3.06. The van der Waals surface area contributed by atoms with Crippen LogP contribution in [0.15, 0.2) is 0 Å². The highest BCUT2D eigenvalue weighted by Crippen LogP contribution is 2.44. The van der Waals surface area contributed by atoms with Crippen LogP contribution in [-0.4, -0.2) is 26.6 Å². The SMILES string of the molecule is CC(C)(C)[Si](C)(C)OC1C[C@@H]2CC1O2. The van der Waals surface area contributed by atoms with Crippen LogP contribution in [0.5, 0.6) is 0 Å². The van der Waals surface area contributed by atoms with E-state index in [1.54, 1.807) is 0 Å². The van der Waals surface area contributed by atoms with Crippen molar-refractivity contribution >= 4 is 8.32 Å². The third-order valence-corrected chi connectivity index (χ3v) is 8.53. The minimum atomic E-state index is -1.57. The van der Waals surface area contributed by atoms with Gasteiger partial charge in [-0.1, -0.05) is 20.8 Å². The first kappa shape index (κ1) is 10.6. The Kier molecular flexibility index (Phi) is 2.33. The van der Waals surface area contributed by atoms with Gasteiger partial charge in [0.2, 0.25) is 0 Å². The predicted octanol–water partition coefficient (Wildman–Crippen LogP) is 2.94. The zero-order valence-corrected chi connectivity index (χ0v) is 11.0. The molecule has 2 bridgehead atoms. The Morgan fingerprint density at radius 3 is 2.14 bits per heavy atom. The molecular formula is C11H22O2Si. The van der Waals surface area contributed by atoms with Gasteiger partial charge in [-0.25, -0.2) is 0 Å². The van der Waals surface area contributed by atoms with Crippen molar-refractivity contribution in [3.05, 3.63) is 0 Å². The van der Waals surface area contributed by atoms with E-state index in [0.29, 0.717) is 23.4 Å². The standard InChI is InChI=1S/C11H22O2Si/c1-11(2,3)14(4,5)13-10-7-8-6-9(10)12-8/h8-10H,6-7H2,1-5H3/t8-,9?,10?/m0/s1. The molecule has 1 saturated carbocycles. The van der Waals surface area contributed by atoms with Crippen molar-refractivity contribution in [2.45, 2.75) is 70.1 Å². The summed E-state index contributed by atoms with van der Waals surface area (Å²) in [4.78, 5) is 0. The number of hydrogen-bond acceptors (Lipinski definition) is 2. The number of ether oxygens (including phenoxy) is 1. The topological polar surface area (TPSA) is 18.5 Å². The maximum atomic E-state index is 6.33. The molecule has 0 amide bonds. The van der Waals surface area contributed by atoms with Crippen LogP contribution in [0.1, 0.15) is 33.6 Å². The first-order chi connectivity index (χ1) is 6.29. The third-order valence-electron chi connectivity index (χ3n) is 4.02. The summed E-state index contributed by atoms with van der Waals surface area (Å²) < 4.78 is 11.9. The molecule has 0 aromatic rings. The van der Waals surface area contributed by atoms with Crippen LogP contribution >= 0.6 is 0 Å². The van der Waals surface area contributed by atoms with E-state index in [0.717, 1.165) is 6.42 Å². The second-order valence-corrected chi connectivity index (χ2v) is 10.9. The van der Waals surface area contributed by atoms with Gasteiger partial charge in [-0.3, -0.25) is 0 Å². The van der Waals surface area contributed by atoms with Crippen LogP contribution < -0.4 is 0 Å². The van der Waals surface area contributed by atoms with Crippen molar-refractivity contribution < 1.29 is 9.16 Å². The van der Waals surface area contributed by atoms with Gasteiger partial charge < -0.3 is 9.16 Å². The van der Waals surface area contributed by atoms with Gasteiger partial charge in [0.15, 0.2) is 8.32 Å². The maximum Gasteiger partial charge on any atom is 0.192 e. The van der Waals surface area contributed by atoms with Crippen molar-refractivity contribution in [1.82, 2.24) is 0 Å². The number of fused-ring (bicyclic) bond motifs is 1. The lowest BCUT2D eigenvalue weighted by Gasteiger charge is -2.39. The van der Waals surface area contributed by atoms with E-state index in [4.69, 9.17) is 9.16 Å². The molecule has 82 valence electrons. The molecule has 0 spiro atoms.